The maximum absolute atomic E-state index is 13.2. The van der Waals surface area contributed by atoms with Crippen LogP contribution in [0.1, 0.15) is 41.2 Å². The summed E-state index contributed by atoms with van der Waals surface area (Å²) in [4.78, 5) is 16.6. The van der Waals surface area contributed by atoms with Crippen LogP contribution in [0.2, 0.25) is 0 Å². The molecule has 1 heterocycles. The van der Waals surface area contributed by atoms with E-state index < -0.39 is 5.91 Å². The van der Waals surface area contributed by atoms with E-state index in [1.807, 2.05) is 36.5 Å². The van der Waals surface area contributed by atoms with Gasteiger partial charge in [-0.05, 0) is 55.0 Å². The van der Waals surface area contributed by atoms with Crippen molar-refractivity contribution in [3.05, 3.63) is 77.7 Å². The molecule has 0 bridgehead atoms. The number of amides is 1. The van der Waals surface area contributed by atoms with E-state index in [9.17, 15) is 14.4 Å². The molecule has 168 valence electrons. The monoisotopic (exact) mass is 444 g/mol. The second kappa shape index (κ2) is 10.1. The van der Waals surface area contributed by atoms with Gasteiger partial charge in [0.15, 0.2) is 5.82 Å². The number of hydrogen-bond acceptors (Lipinski definition) is 5. The first-order valence-electron chi connectivity index (χ1n) is 10.9. The molecule has 0 saturated heterocycles. The fourth-order valence-electron chi connectivity index (χ4n) is 4.15. The number of benzene rings is 2. The number of aromatic nitrogens is 2. The van der Waals surface area contributed by atoms with Crippen molar-refractivity contribution in [2.24, 2.45) is 22.6 Å². The molecule has 1 aliphatic carbocycles. The van der Waals surface area contributed by atoms with Crippen LogP contribution < -0.4 is 11.1 Å². The van der Waals surface area contributed by atoms with Crippen molar-refractivity contribution in [3.63, 3.8) is 0 Å². The van der Waals surface area contributed by atoms with E-state index in [-0.39, 0.29) is 35.1 Å². The molecule has 33 heavy (non-hydrogen) atoms. The topological polar surface area (TPSA) is 109 Å². The van der Waals surface area contributed by atoms with Crippen LogP contribution in [-0.2, 0) is 6.54 Å². The van der Waals surface area contributed by atoms with Gasteiger partial charge in [-0.2, -0.15) is 10.4 Å². The Bertz CT molecular complexity index is 1170. The van der Waals surface area contributed by atoms with E-state index >= 15 is 0 Å². The van der Waals surface area contributed by atoms with Gasteiger partial charge in [-0.25, -0.2) is 4.39 Å². The van der Waals surface area contributed by atoms with Crippen LogP contribution in [0.3, 0.4) is 0 Å². The summed E-state index contributed by atoms with van der Waals surface area (Å²) >= 11 is 0. The molecule has 1 amide bonds. The van der Waals surface area contributed by atoms with Crippen molar-refractivity contribution in [2.45, 2.75) is 31.8 Å². The largest absolute Gasteiger partial charge is 0.365 e. The van der Waals surface area contributed by atoms with E-state index in [4.69, 9.17) is 5.73 Å². The van der Waals surface area contributed by atoms with E-state index in [2.05, 4.69) is 21.5 Å². The lowest BCUT2D eigenvalue weighted by Gasteiger charge is -2.31. The Balaban J connectivity index is 1.53. The molecule has 2 aromatic carbocycles. The molecule has 0 spiro atoms. The van der Waals surface area contributed by atoms with E-state index in [0.717, 1.165) is 18.4 Å². The molecular formula is C25H25FN6O. The Hall–Kier alpha value is -3.99. The molecule has 3 aromatic rings. The van der Waals surface area contributed by atoms with Crippen LogP contribution in [0.25, 0.3) is 0 Å². The fourth-order valence-corrected chi connectivity index (χ4v) is 4.15. The van der Waals surface area contributed by atoms with Crippen molar-refractivity contribution in [2.75, 3.05) is 5.32 Å². The number of rotatable bonds is 7. The summed E-state index contributed by atoms with van der Waals surface area (Å²) in [5, 5.41) is 17.3. The second-order valence-electron chi connectivity index (χ2n) is 8.22. The highest BCUT2D eigenvalue weighted by Gasteiger charge is 2.33. The third kappa shape index (κ3) is 5.44. The minimum absolute atomic E-state index is 0.207. The molecule has 3 N–H and O–H groups in total. The molecule has 7 nitrogen and oxygen atoms in total. The Morgan fingerprint density at radius 3 is 2.70 bits per heavy atom. The van der Waals surface area contributed by atoms with Crippen molar-refractivity contribution < 1.29 is 9.18 Å². The maximum Gasteiger partial charge on any atom is 0.254 e. The zero-order chi connectivity index (χ0) is 23.2. The summed E-state index contributed by atoms with van der Waals surface area (Å²) in [6, 6.07) is 17.9. The summed E-state index contributed by atoms with van der Waals surface area (Å²) in [6.45, 7) is 0.614. The molecule has 1 fully saturated rings. The van der Waals surface area contributed by atoms with Gasteiger partial charge < -0.3 is 11.1 Å². The summed E-state index contributed by atoms with van der Waals surface area (Å²) in [7, 11) is 0. The average Bonchev–Trinajstić information content (AvgIpc) is 3.25. The number of carbonyl (C=O) groups excluding carboxylic acids is 1. The van der Waals surface area contributed by atoms with Crippen LogP contribution in [0, 0.1) is 29.0 Å². The van der Waals surface area contributed by atoms with E-state index in [0.29, 0.717) is 18.7 Å². The lowest BCUT2D eigenvalue weighted by molar-refractivity contribution is 0.100. The smallest absolute Gasteiger partial charge is 0.254 e. The van der Waals surface area contributed by atoms with Crippen LogP contribution in [0.5, 0.6) is 0 Å². The molecule has 1 saturated carbocycles. The third-order valence-corrected chi connectivity index (χ3v) is 5.90. The number of primary amides is 1. The van der Waals surface area contributed by atoms with Crippen molar-refractivity contribution in [3.8, 4) is 6.07 Å². The molecule has 1 aliphatic rings. The molecule has 1 aromatic heterocycles. The fraction of sp³-hybridized carbons (Fsp3) is 0.280. The zero-order valence-corrected chi connectivity index (χ0v) is 18.1. The van der Waals surface area contributed by atoms with Gasteiger partial charge in [0.25, 0.3) is 5.91 Å². The Morgan fingerprint density at radius 1 is 1.24 bits per heavy atom. The number of halogens is 1. The van der Waals surface area contributed by atoms with Crippen molar-refractivity contribution in [1.29, 1.82) is 5.26 Å². The van der Waals surface area contributed by atoms with Gasteiger partial charge in [-0.1, -0.05) is 30.3 Å². The predicted molar refractivity (Wildman–Crippen MR) is 125 cm³/mol. The maximum atomic E-state index is 13.2. The molecule has 0 radical (unpaired) electrons. The summed E-state index contributed by atoms with van der Waals surface area (Å²) in [6.07, 6.45) is 5.84. The summed E-state index contributed by atoms with van der Waals surface area (Å²) in [5.41, 5.74) is 7.51. The van der Waals surface area contributed by atoms with Crippen molar-refractivity contribution in [1.82, 2.24) is 9.78 Å². The standard InChI is InChI=1S/C25H25FN6O/c26-20-8-10-21(11-9-20)30-25-22(24(28)33)16-32(31-25)23-12-18(6-7-19(23)13-27)15-29-14-17-4-2-1-3-5-17/h1-5,8-11,15-16,18-19,23H,6-7,12,14H2,(H2,28,33)(H,30,31)/b29-15-/t18?,19-,23?/m1/s1. The molecule has 0 aliphatic heterocycles. The summed E-state index contributed by atoms with van der Waals surface area (Å²) < 4.78 is 14.9. The van der Waals surface area contributed by atoms with Gasteiger partial charge in [0.2, 0.25) is 0 Å². The van der Waals surface area contributed by atoms with E-state index in [1.165, 1.54) is 12.1 Å². The second-order valence-corrected chi connectivity index (χ2v) is 8.22. The lowest BCUT2D eigenvalue weighted by atomic mass is 9.79. The molecule has 3 atom stereocenters. The van der Waals surface area contributed by atoms with Crippen molar-refractivity contribution >= 4 is 23.6 Å². The minimum atomic E-state index is -0.629. The first kappa shape index (κ1) is 22.2. The number of aliphatic imine (C=N–C) groups is 1. The third-order valence-electron chi connectivity index (χ3n) is 5.90. The molecule has 2 unspecified atom stereocenters. The Kier molecular flexibility index (Phi) is 6.79. The highest BCUT2D eigenvalue weighted by molar-refractivity contribution is 5.98. The lowest BCUT2D eigenvalue weighted by Crippen LogP contribution is -2.28. The van der Waals surface area contributed by atoms with Crippen LogP contribution >= 0.6 is 0 Å². The van der Waals surface area contributed by atoms with Crippen LogP contribution in [0.4, 0.5) is 15.9 Å². The minimum Gasteiger partial charge on any atom is -0.365 e. The Labute approximate surface area is 191 Å². The molecule has 8 heteroatoms. The van der Waals surface area contributed by atoms with Gasteiger partial charge in [0, 0.05) is 18.1 Å². The molecular weight excluding hydrogens is 419 g/mol. The quantitative estimate of drug-likeness (QED) is 0.518. The first-order chi connectivity index (χ1) is 16.0. The normalized spacial score (nSPS) is 20.4. The number of nitriles is 1. The average molecular weight is 445 g/mol. The number of carbonyl (C=O) groups is 1. The van der Waals surface area contributed by atoms with Gasteiger partial charge >= 0.3 is 0 Å². The highest BCUT2D eigenvalue weighted by Crippen LogP contribution is 2.37. The van der Waals surface area contributed by atoms with E-state index in [1.54, 1.807) is 23.0 Å². The van der Waals surface area contributed by atoms with Gasteiger partial charge in [-0.3, -0.25) is 14.5 Å². The number of hydrogen-bond donors (Lipinski definition) is 2. The Morgan fingerprint density at radius 2 is 2.00 bits per heavy atom. The van der Waals surface area contributed by atoms with Gasteiger partial charge in [0.1, 0.15) is 11.4 Å². The molecule has 4 rings (SSSR count). The summed E-state index contributed by atoms with van der Waals surface area (Å²) in [5.74, 6) is -0.733. The van der Waals surface area contributed by atoms with Gasteiger partial charge in [-0.15, -0.1) is 0 Å². The number of nitrogens with zero attached hydrogens (tertiary/aromatic N) is 4. The zero-order valence-electron chi connectivity index (χ0n) is 18.1. The SMILES string of the molecule is N#C[C@H]1CCC(/C=N\Cc2ccccc2)CC1n1cc(C(N)=O)c(Nc2ccc(F)cc2)n1. The highest BCUT2D eigenvalue weighted by atomic mass is 19.1. The van der Waals surface area contributed by atoms with Crippen LogP contribution in [0.15, 0.2) is 65.8 Å². The number of anilines is 2. The predicted octanol–water partition coefficient (Wildman–Crippen LogP) is 4.62. The van der Waals surface area contributed by atoms with Gasteiger partial charge in [0.05, 0.1) is 24.6 Å². The number of nitrogens with two attached hydrogens (primary N) is 1. The van der Waals surface area contributed by atoms with Crippen LogP contribution in [-0.4, -0.2) is 21.9 Å². The first-order valence-corrected chi connectivity index (χ1v) is 10.9. The number of nitrogens with one attached hydrogen (secondary N) is 1.